The van der Waals surface area contributed by atoms with Gasteiger partial charge in [0.2, 0.25) is 11.8 Å². The lowest BCUT2D eigenvalue weighted by atomic mass is 9.99. The molecule has 6 heteroatoms. The lowest BCUT2D eigenvalue weighted by molar-refractivity contribution is -0.117. The van der Waals surface area contributed by atoms with Crippen molar-refractivity contribution in [1.82, 2.24) is 10.1 Å². The van der Waals surface area contributed by atoms with Crippen LogP contribution in [0.2, 0.25) is 0 Å². The van der Waals surface area contributed by atoms with Crippen molar-refractivity contribution >= 4 is 17.5 Å². The molecule has 4 rings (SSSR count). The normalized spacial score (nSPS) is 10.8. The number of amides is 1. The highest BCUT2D eigenvalue weighted by molar-refractivity contribution is 6.04. The van der Waals surface area contributed by atoms with Crippen molar-refractivity contribution < 1.29 is 13.7 Å². The molecule has 0 aliphatic heterocycles. The number of anilines is 2. The minimum Gasteiger partial charge on any atom is -0.337 e. The van der Waals surface area contributed by atoms with Crippen molar-refractivity contribution in [2.45, 2.75) is 27.2 Å². The molecule has 0 saturated heterocycles. The summed E-state index contributed by atoms with van der Waals surface area (Å²) in [6.07, 6.45) is 3.63. The highest BCUT2D eigenvalue weighted by Crippen LogP contribution is 2.43. The zero-order valence-electron chi connectivity index (χ0n) is 17.6. The summed E-state index contributed by atoms with van der Waals surface area (Å²) >= 11 is 0. The Balaban J connectivity index is 1.99. The first-order chi connectivity index (χ1) is 15.0. The molecular formula is C25H22FN3O2. The van der Waals surface area contributed by atoms with Gasteiger partial charge in [-0.15, -0.1) is 0 Å². The Bertz CT molecular complexity index is 1230. The number of pyridine rings is 1. The number of aromatic nitrogens is 2. The number of para-hydroxylation sites is 1. The molecule has 0 radical (unpaired) electrons. The van der Waals surface area contributed by atoms with Crippen LogP contribution in [0, 0.1) is 19.7 Å². The molecule has 5 nitrogen and oxygen atoms in total. The van der Waals surface area contributed by atoms with Crippen LogP contribution < -0.4 is 4.90 Å². The van der Waals surface area contributed by atoms with E-state index in [2.05, 4.69) is 10.1 Å². The summed E-state index contributed by atoms with van der Waals surface area (Å²) in [7, 11) is 0. The van der Waals surface area contributed by atoms with Gasteiger partial charge in [0.05, 0.1) is 11.3 Å². The van der Waals surface area contributed by atoms with Gasteiger partial charge in [-0.25, -0.2) is 9.29 Å². The lowest BCUT2D eigenvalue weighted by Gasteiger charge is -2.22. The summed E-state index contributed by atoms with van der Waals surface area (Å²) < 4.78 is 19.7. The molecule has 0 fully saturated rings. The number of aryl methyl sites for hydroxylation is 2. The maximum Gasteiger partial charge on any atom is 0.247 e. The molecule has 2 heterocycles. The second-order valence-corrected chi connectivity index (χ2v) is 7.28. The predicted molar refractivity (Wildman–Crippen MR) is 118 cm³/mol. The number of hydrogen-bond acceptors (Lipinski definition) is 4. The van der Waals surface area contributed by atoms with Crippen LogP contribution in [0.5, 0.6) is 0 Å². The van der Waals surface area contributed by atoms with Crippen LogP contribution in [0.15, 0.2) is 71.5 Å². The van der Waals surface area contributed by atoms with Gasteiger partial charge in [-0.2, -0.15) is 0 Å². The van der Waals surface area contributed by atoms with Gasteiger partial charge in [0.25, 0.3) is 0 Å². The van der Waals surface area contributed by atoms with E-state index in [1.54, 1.807) is 43.3 Å². The van der Waals surface area contributed by atoms with Gasteiger partial charge in [0, 0.05) is 24.4 Å². The fourth-order valence-corrected chi connectivity index (χ4v) is 3.53. The quantitative estimate of drug-likeness (QED) is 0.387. The lowest BCUT2D eigenvalue weighted by Crippen LogP contribution is -2.25. The molecule has 2 aromatic heterocycles. The van der Waals surface area contributed by atoms with Gasteiger partial charge in [-0.1, -0.05) is 30.3 Å². The number of rotatable bonds is 5. The van der Waals surface area contributed by atoms with Gasteiger partial charge in [-0.05, 0) is 66.9 Å². The van der Waals surface area contributed by atoms with Crippen LogP contribution in [0.25, 0.3) is 22.4 Å². The van der Waals surface area contributed by atoms with Crippen LogP contribution in [-0.2, 0) is 4.79 Å². The zero-order chi connectivity index (χ0) is 22.0. The Morgan fingerprint density at radius 2 is 1.74 bits per heavy atom. The highest BCUT2D eigenvalue weighted by Gasteiger charge is 2.29. The topological polar surface area (TPSA) is 59.2 Å². The minimum atomic E-state index is -0.291. The first kappa shape index (κ1) is 20.5. The number of halogens is 1. The fourth-order valence-electron chi connectivity index (χ4n) is 3.53. The Labute approximate surface area is 180 Å². The van der Waals surface area contributed by atoms with E-state index in [1.807, 2.05) is 43.3 Å². The monoisotopic (exact) mass is 415 g/mol. The van der Waals surface area contributed by atoms with Crippen molar-refractivity contribution in [2.75, 3.05) is 4.90 Å². The van der Waals surface area contributed by atoms with Crippen LogP contribution in [-0.4, -0.2) is 16.0 Å². The summed E-state index contributed by atoms with van der Waals surface area (Å²) in [5.41, 5.74) is 4.84. The molecule has 0 spiro atoms. The van der Waals surface area contributed by atoms with E-state index in [0.29, 0.717) is 28.3 Å². The molecule has 0 bridgehead atoms. The zero-order valence-corrected chi connectivity index (χ0v) is 17.6. The third kappa shape index (κ3) is 3.84. The van der Waals surface area contributed by atoms with Crippen LogP contribution in [0.1, 0.15) is 24.5 Å². The Kier molecular flexibility index (Phi) is 5.62. The Hall–Kier alpha value is -3.80. The highest BCUT2D eigenvalue weighted by atomic mass is 19.1. The first-order valence-electron chi connectivity index (χ1n) is 10.1. The van der Waals surface area contributed by atoms with Gasteiger partial charge < -0.3 is 4.52 Å². The van der Waals surface area contributed by atoms with Crippen molar-refractivity contribution in [3.05, 3.63) is 83.9 Å². The molecule has 0 saturated carbocycles. The van der Waals surface area contributed by atoms with Crippen LogP contribution in [0.3, 0.4) is 0 Å². The summed E-state index contributed by atoms with van der Waals surface area (Å²) in [4.78, 5) is 18.7. The van der Waals surface area contributed by atoms with Crippen molar-refractivity contribution in [3.63, 3.8) is 0 Å². The van der Waals surface area contributed by atoms with Gasteiger partial charge in [0.15, 0.2) is 0 Å². The number of nitrogens with zero attached hydrogens (tertiary/aromatic N) is 3. The largest absolute Gasteiger partial charge is 0.337 e. The van der Waals surface area contributed by atoms with Crippen molar-refractivity contribution in [3.8, 4) is 22.4 Å². The average Bonchev–Trinajstić information content (AvgIpc) is 3.22. The van der Waals surface area contributed by atoms with E-state index in [-0.39, 0.29) is 18.1 Å². The maximum atomic E-state index is 13.9. The van der Waals surface area contributed by atoms with Gasteiger partial charge in [-0.3, -0.25) is 9.78 Å². The van der Waals surface area contributed by atoms with E-state index in [1.165, 1.54) is 6.07 Å². The van der Waals surface area contributed by atoms with Crippen LogP contribution in [0.4, 0.5) is 16.0 Å². The number of carbonyl (C=O) groups is 1. The first-order valence-corrected chi connectivity index (χ1v) is 10.1. The van der Waals surface area contributed by atoms with Crippen molar-refractivity contribution in [1.29, 1.82) is 0 Å². The smallest absolute Gasteiger partial charge is 0.247 e. The molecule has 31 heavy (non-hydrogen) atoms. The third-order valence-corrected chi connectivity index (χ3v) is 5.19. The van der Waals surface area contributed by atoms with Gasteiger partial charge >= 0.3 is 0 Å². The summed E-state index contributed by atoms with van der Waals surface area (Å²) in [6, 6.07) is 16.1. The average molecular weight is 415 g/mol. The third-order valence-electron chi connectivity index (χ3n) is 5.19. The molecule has 156 valence electrons. The molecule has 0 aliphatic rings. The summed E-state index contributed by atoms with van der Waals surface area (Å²) in [6.45, 7) is 5.45. The van der Waals surface area contributed by atoms with E-state index >= 15 is 0 Å². The second-order valence-electron chi connectivity index (χ2n) is 7.28. The van der Waals surface area contributed by atoms with E-state index in [4.69, 9.17) is 4.52 Å². The van der Waals surface area contributed by atoms with Crippen LogP contribution >= 0.6 is 0 Å². The second kappa shape index (κ2) is 8.52. The number of carbonyl (C=O) groups excluding carboxylic acids is 1. The summed E-state index contributed by atoms with van der Waals surface area (Å²) in [5.74, 6) is -0.0902. The maximum absolute atomic E-state index is 13.9. The molecule has 0 unspecified atom stereocenters. The standard InChI is InChI=1S/C25H22FN3O2/c1-4-22(30)29(21-8-6-5-7-16(21)2)25-23(18-11-13-27-14-12-18)24(28-31-25)19-9-10-20(26)17(3)15-19/h5-15H,4H2,1-3H3. The summed E-state index contributed by atoms with van der Waals surface area (Å²) in [5, 5.41) is 4.31. The molecule has 0 N–H and O–H groups in total. The molecule has 0 aliphatic carbocycles. The molecule has 4 aromatic rings. The Morgan fingerprint density at radius 1 is 1.00 bits per heavy atom. The Morgan fingerprint density at radius 3 is 2.42 bits per heavy atom. The van der Waals surface area contributed by atoms with E-state index in [9.17, 15) is 9.18 Å². The molecule has 0 atom stereocenters. The van der Waals surface area contributed by atoms with Crippen molar-refractivity contribution in [2.24, 2.45) is 0 Å². The fraction of sp³-hybridized carbons (Fsp3) is 0.160. The van der Waals surface area contributed by atoms with E-state index < -0.39 is 0 Å². The molecule has 2 aromatic carbocycles. The SMILES string of the molecule is CCC(=O)N(c1ccccc1C)c1onc(-c2ccc(F)c(C)c2)c1-c1ccncc1. The number of benzene rings is 2. The number of hydrogen-bond donors (Lipinski definition) is 0. The molecular weight excluding hydrogens is 393 g/mol. The van der Waals surface area contributed by atoms with E-state index in [0.717, 1.165) is 16.8 Å². The van der Waals surface area contributed by atoms with Gasteiger partial charge in [0.1, 0.15) is 11.5 Å². The molecule has 1 amide bonds. The minimum absolute atomic E-state index is 0.123. The predicted octanol–water partition coefficient (Wildman–Crippen LogP) is 6.23.